The van der Waals surface area contributed by atoms with Crippen LogP contribution in [-0.2, 0) is 12.6 Å². The van der Waals surface area contributed by atoms with E-state index in [0.717, 1.165) is 12.1 Å². The number of carbonyl (C=O) groups is 1. The van der Waals surface area contributed by atoms with E-state index in [2.05, 4.69) is 10.3 Å². The molecule has 1 saturated heterocycles. The number of piperazine rings is 1. The third-order valence-corrected chi connectivity index (χ3v) is 8.61. The molecule has 7 nitrogen and oxygen atoms in total. The quantitative estimate of drug-likeness (QED) is 0.215. The van der Waals surface area contributed by atoms with Crippen molar-refractivity contribution in [1.82, 2.24) is 19.8 Å². The monoisotopic (exact) mass is 658 g/mol. The first-order valence-electron chi connectivity index (χ1n) is 14.7. The molecule has 2 aromatic heterocycles. The van der Waals surface area contributed by atoms with Crippen molar-refractivity contribution in [2.75, 3.05) is 26.2 Å². The number of hydrogen-bond donors (Lipinski definition) is 1. The standard InChI is InChI=1S/C33H34ClF3N4O3S/c1-5-44-29-11-10-23(34)15-28(29)41-27(14-19(2)3)24(31(42)40-13-12-38-20(4)17-40)16-25(32(41)43)30-39-26(18-45-30)21-6-8-22(9-7-21)33(35,36)37/h6-11,15-16,18-20,38H,5,12-14,17H2,1-4H3/t20-/m0/s1. The normalized spacial score (nSPS) is 15.5. The van der Waals surface area contributed by atoms with Crippen LogP contribution in [0.5, 0.6) is 5.75 Å². The molecule has 0 saturated carbocycles. The van der Waals surface area contributed by atoms with Gasteiger partial charge in [0.1, 0.15) is 10.8 Å². The lowest BCUT2D eigenvalue weighted by atomic mass is 9.99. The molecular weight excluding hydrogens is 625 g/mol. The van der Waals surface area contributed by atoms with E-state index in [1.54, 1.807) is 34.5 Å². The molecule has 1 atom stereocenters. The Morgan fingerprint density at radius 2 is 1.91 bits per heavy atom. The molecule has 0 aliphatic carbocycles. The molecule has 12 heteroatoms. The highest BCUT2D eigenvalue weighted by molar-refractivity contribution is 7.13. The second-order valence-electron chi connectivity index (χ2n) is 11.4. The van der Waals surface area contributed by atoms with E-state index in [-0.39, 0.29) is 23.4 Å². The fourth-order valence-electron chi connectivity index (χ4n) is 5.42. The summed E-state index contributed by atoms with van der Waals surface area (Å²) in [5.74, 6) is 0.328. The van der Waals surface area contributed by atoms with Crippen molar-refractivity contribution in [2.45, 2.75) is 46.3 Å². The number of pyridine rings is 1. The number of rotatable bonds is 8. The molecule has 3 heterocycles. The molecule has 0 radical (unpaired) electrons. The van der Waals surface area contributed by atoms with Crippen LogP contribution in [0.3, 0.4) is 0 Å². The molecule has 5 rings (SSSR count). The topological polar surface area (TPSA) is 76.5 Å². The Bertz CT molecular complexity index is 1750. The third kappa shape index (κ3) is 7.10. The van der Waals surface area contributed by atoms with Crippen molar-refractivity contribution < 1.29 is 22.7 Å². The van der Waals surface area contributed by atoms with Crippen molar-refractivity contribution in [3.63, 3.8) is 0 Å². The van der Waals surface area contributed by atoms with Gasteiger partial charge in [-0.3, -0.25) is 14.2 Å². The maximum absolute atomic E-state index is 14.5. The number of halogens is 4. The van der Waals surface area contributed by atoms with E-state index < -0.39 is 17.3 Å². The minimum absolute atomic E-state index is 0.0934. The van der Waals surface area contributed by atoms with Crippen molar-refractivity contribution >= 4 is 28.8 Å². The minimum Gasteiger partial charge on any atom is -0.492 e. The summed E-state index contributed by atoms with van der Waals surface area (Å²) >= 11 is 7.63. The third-order valence-electron chi connectivity index (χ3n) is 7.50. The highest BCUT2D eigenvalue weighted by Gasteiger charge is 2.31. The van der Waals surface area contributed by atoms with Gasteiger partial charge in [0.25, 0.3) is 11.5 Å². The molecule has 0 unspecified atom stereocenters. The Hall–Kier alpha value is -3.67. The van der Waals surface area contributed by atoms with E-state index in [0.29, 0.717) is 76.6 Å². The van der Waals surface area contributed by atoms with Gasteiger partial charge in [-0.1, -0.05) is 37.6 Å². The summed E-state index contributed by atoms with van der Waals surface area (Å²) in [6, 6.07) is 11.5. The molecule has 1 aliphatic rings. The van der Waals surface area contributed by atoms with E-state index in [1.807, 2.05) is 27.7 Å². The molecule has 1 amide bonds. The zero-order valence-electron chi connectivity index (χ0n) is 25.4. The van der Waals surface area contributed by atoms with Crippen LogP contribution < -0.4 is 15.6 Å². The summed E-state index contributed by atoms with van der Waals surface area (Å²) in [5.41, 5.74) is 1.24. The lowest BCUT2D eigenvalue weighted by Crippen LogP contribution is -2.51. The number of amides is 1. The molecule has 1 N–H and O–H groups in total. The van der Waals surface area contributed by atoms with Gasteiger partial charge in [-0.2, -0.15) is 13.2 Å². The summed E-state index contributed by atoms with van der Waals surface area (Å²) in [5, 5.41) is 5.77. The van der Waals surface area contributed by atoms with E-state index in [1.165, 1.54) is 28.0 Å². The van der Waals surface area contributed by atoms with Crippen LogP contribution in [0.15, 0.2) is 58.7 Å². The zero-order chi connectivity index (χ0) is 32.5. The highest BCUT2D eigenvalue weighted by Crippen LogP contribution is 2.35. The van der Waals surface area contributed by atoms with Crippen molar-refractivity contribution in [3.05, 3.63) is 86.1 Å². The number of hydrogen-bond acceptors (Lipinski definition) is 6. The second-order valence-corrected chi connectivity index (χ2v) is 12.7. The van der Waals surface area contributed by atoms with Crippen LogP contribution in [0.1, 0.15) is 49.3 Å². The van der Waals surface area contributed by atoms with Crippen molar-refractivity contribution in [1.29, 1.82) is 0 Å². The first-order valence-corrected chi connectivity index (χ1v) is 16.0. The number of nitrogens with zero attached hydrogens (tertiary/aromatic N) is 3. The summed E-state index contributed by atoms with van der Waals surface area (Å²) in [6.45, 7) is 9.89. The SMILES string of the molecule is CCOc1ccc(Cl)cc1-n1c(CC(C)C)c(C(=O)N2CCN[C@@H](C)C2)cc(-c2nc(-c3ccc(C(F)(F)F)cc3)cs2)c1=O. The van der Waals surface area contributed by atoms with Crippen LogP contribution >= 0.6 is 22.9 Å². The molecule has 2 aromatic carbocycles. The van der Waals surface area contributed by atoms with E-state index in [4.69, 9.17) is 16.3 Å². The number of alkyl halides is 3. The molecule has 1 aliphatic heterocycles. The van der Waals surface area contributed by atoms with E-state index >= 15 is 0 Å². The largest absolute Gasteiger partial charge is 0.492 e. The molecular formula is C33H34ClF3N4O3S. The van der Waals surface area contributed by atoms with Gasteiger partial charge in [0, 0.05) is 47.3 Å². The lowest BCUT2D eigenvalue weighted by molar-refractivity contribution is -0.137. The second kappa shape index (κ2) is 13.4. The van der Waals surface area contributed by atoms with Crippen LogP contribution in [0.2, 0.25) is 5.02 Å². The number of aromatic nitrogens is 2. The lowest BCUT2D eigenvalue weighted by Gasteiger charge is -2.33. The minimum atomic E-state index is -4.46. The Morgan fingerprint density at radius 3 is 2.56 bits per heavy atom. The fourth-order valence-corrected chi connectivity index (χ4v) is 6.43. The average molecular weight is 659 g/mol. The number of benzene rings is 2. The predicted molar refractivity (Wildman–Crippen MR) is 172 cm³/mol. The molecule has 1 fully saturated rings. The summed E-state index contributed by atoms with van der Waals surface area (Å²) in [6.07, 6.45) is -4.04. The average Bonchev–Trinajstić information content (AvgIpc) is 3.48. The zero-order valence-corrected chi connectivity index (χ0v) is 26.9. The van der Waals surface area contributed by atoms with Gasteiger partial charge in [0.2, 0.25) is 0 Å². The number of carbonyl (C=O) groups excluding carboxylic acids is 1. The summed E-state index contributed by atoms with van der Waals surface area (Å²) < 4.78 is 46.9. The molecule has 4 aromatic rings. The smallest absolute Gasteiger partial charge is 0.416 e. The maximum atomic E-state index is 14.5. The Morgan fingerprint density at radius 1 is 1.18 bits per heavy atom. The molecule has 45 heavy (non-hydrogen) atoms. The fraction of sp³-hybridized carbons (Fsp3) is 0.364. The first-order chi connectivity index (χ1) is 21.4. The summed E-state index contributed by atoms with van der Waals surface area (Å²) in [4.78, 5) is 35.2. The van der Waals surface area contributed by atoms with Crippen LogP contribution in [0, 0.1) is 5.92 Å². The van der Waals surface area contributed by atoms with Crippen LogP contribution in [0.4, 0.5) is 13.2 Å². The number of nitrogens with one attached hydrogen (secondary N) is 1. The van der Waals surface area contributed by atoms with Gasteiger partial charge in [-0.15, -0.1) is 11.3 Å². The van der Waals surface area contributed by atoms with Gasteiger partial charge < -0.3 is 15.0 Å². The Labute approximate surface area is 268 Å². The maximum Gasteiger partial charge on any atom is 0.416 e. The molecule has 0 bridgehead atoms. The number of ether oxygens (including phenoxy) is 1. The van der Waals surface area contributed by atoms with Gasteiger partial charge in [-0.05, 0) is 62.6 Å². The van der Waals surface area contributed by atoms with Gasteiger partial charge >= 0.3 is 6.18 Å². The highest BCUT2D eigenvalue weighted by atomic mass is 35.5. The Kier molecular flexibility index (Phi) is 9.71. The summed E-state index contributed by atoms with van der Waals surface area (Å²) in [7, 11) is 0. The van der Waals surface area contributed by atoms with Crippen LogP contribution in [0.25, 0.3) is 27.5 Å². The molecule has 238 valence electrons. The predicted octanol–water partition coefficient (Wildman–Crippen LogP) is 7.33. The van der Waals surface area contributed by atoms with Gasteiger partial charge in [-0.25, -0.2) is 4.98 Å². The van der Waals surface area contributed by atoms with E-state index in [9.17, 15) is 22.8 Å². The van der Waals surface area contributed by atoms with Gasteiger partial charge in [0.15, 0.2) is 0 Å². The Balaban J connectivity index is 1.73. The van der Waals surface area contributed by atoms with Crippen LogP contribution in [-0.4, -0.2) is 52.6 Å². The molecule has 0 spiro atoms. The first kappa shape index (κ1) is 32.7. The van der Waals surface area contributed by atoms with Crippen molar-refractivity contribution in [3.8, 4) is 33.3 Å². The van der Waals surface area contributed by atoms with Crippen molar-refractivity contribution in [2.24, 2.45) is 5.92 Å². The van der Waals surface area contributed by atoms with Gasteiger partial charge in [0.05, 0.1) is 34.7 Å². The number of thiazole rings is 1.